The number of nitrogens with zero attached hydrogens (tertiary/aromatic N) is 1. The molecule has 0 N–H and O–H groups in total. The van der Waals surface area contributed by atoms with Gasteiger partial charge in [-0.1, -0.05) is 46.3 Å². The number of ether oxygens (including phenoxy) is 1. The summed E-state index contributed by atoms with van der Waals surface area (Å²) in [5.41, 5.74) is 0.874. The van der Waals surface area contributed by atoms with Gasteiger partial charge in [0, 0.05) is 9.25 Å². The first-order valence-corrected chi connectivity index (χ1v) is 6.69. The predicted molar refractivity (Wildman–Crippen MR) is 72.4 cm³/mol. The molecular formula is C13H16BrNO3. The Balaban J connectivity index is 2.31. The van der Waals surface area contributed by atoms with Gasteiger partial charge in [0.15, 0.2) is 6.10 Å². The first kappa shape index (κ1) is 13.5. The van der Waals surface area contributed by atoms with E-state index in [-0.39, 0.29) is 15.2 Å². The van der Waals surface area contributed by atoms with Gasteiger partial charge in [-0.15, -0.1) is 0 Å². The van der Waals surface area contributed by atoms with E-state index >= 15 is 0 Å². The zero-order chi connectivity index (χ0) is 13.3. The Kier molecular flexibility index (Phi) is 3.73. The molecule has 0 aromatic heterocycles. The molecule has 3 unspecified atom stereocenters. The summed E-state index contributed by atoms with van der Waals surface area (Å²) in [6.45, 7) is 4.30. The Morgan fingerprint density at radius 1 is 1.39 bits per heavy atom. The lowest BCUT2D eigenvalue weighted by molar-refractivity contribution is -0.536. The van der Waals surface area contributed by atoms with Crippen molar-refractivity contribution in [3.63, 3.8) is 0 Å². The number of alkyl halides is 1. The molecule has 0 spiro atoms. The monoisotopic (exact) mass is 313 g/mol. The van der Waals surface area contributed by atoms with Crippen molar-refractivity contribution in [3.8, 4) is 0 Å². The van der Waals surface area contributed by atoms with E-state index in [9.17, 15) is 10.1 Å². The minimum atomic E-state index is -0.707. The molecule has 1 heterocycles. The molecule has 3 atom stereocenters. The molecule has 0 bridgehead atoms. The Morgan fingerprint density at radius 2 is 2.00 bits per heavy atom. The highest BCUT2D eigenvalue weighted by molar-refractivity contribution is 9.10. The molecule has 1 aliphatic rings. The second-order valence-corrected chi connectivity index (χ2v) is 7.16. The quantitative estimate of drug-likeness (QED) is 0.489. The molecule has 1 saturated heterocycles. The molecule has 1 aliphatic heterocycles. The second-order valence-electron chi connectivity index (χ2n) is 5.11. The van der Waals surface area contributed by atoms with Crippen molar-refractivity contribution in [2.24, 2.45) is 5.92 Å². The maximum absolute atomic E-state index is 11.3. The van der Waals surface area contributed by atoms with E-state index in [1.165, 1.54) is 0 Å². The zero-order valence-corrected chi connectivity index (χ0v) is 12.0. The van der Waals surface area contributed by atoms with Crippen molar-refractivity contribution < 1.29 is 9.66 Å². The van der Waals surface area contributed by atoms with Crippen LogP contribution < -0.4 is 0 Å². The number of hydrogen-bond donors (Lipinski definition) is 0. The van der Waals surface area contributed by atoms with Crippen LogP contribution >= 0.6 is 15.9 Å². The molecule has 0 aliphatic carbocycles. The number of nitro groups is 1. The van der Waals surface area contributed by atoms with Crippen molar-refractivity contribution >= 4 is 15.9 Å². The van der Waals surface area contributed by atoms with Crippen LogP contribution in [-0.2, 0) is 4.74 Å². The summed E-state index contributed by atoms with van der Waals surface area (Å²) >= 11 is 3.53. The van der Waals surface area contributed by atoms with Crippen LogP contribution in [0.1, 0.15) is 25.5 Å². The molecule has 18 heavy (non-hydrogen) atoms. The Bertz CT molecular complexity index is 430. The van der Waals surface area contributed by atoms with Crippen LogP contribution in [0.15, 0.2) is 30.3 Å². The fourth-order valence-electron chi connectivity index (χ4n) is 2.41. The number of halogens is 1. The topological polar surface area (TPSA) is 52.4 Å². The summed E-state index contributed by atoms with van der Waals surface area (Å²) in [4.78, 5) is 11.1. The maximum Gasteiger partial charge on any atom is 0.249 e. The summed E-state index contributed by atoms with van der Waals surface area (Å²) in [5.74, 6) is -0.141. The van der Waals surface area contributed by atoms with Crippen LogP contribution in [-0.4, -0.2) is 21.9 Å². The minimum Gasteiger partial charge on any atom is -0.366 e. The summed E-state index contributed by atoms with van der Waals surface area (Å²) < 4.78 is 5.37. The lowest BCUT2D eigenvalue weighted by Gasteiger charge is -2.25. The van der Waals surface area contributed by atoms with Crippen LogP contribution in [0.2, 0.25) is 0 Å². The smallest absolute Gasteiger partial charge is 0.249 e. The maximum atomic E-state index is 11.3. The van der Waals surface area contributed by atoms with Gasteiger partial charge in [0.2, 0.25) is 6.04 Å². The molecular weight excluding hydrogens is 298 g/mol. The third kappa shape index (κ3) is 2.57. The standard InChI is InChI=1S/C13H16BrNO3/c1-13(2,14)10-8-18-12(11(10)15(16)17)9-6-4-3-5-7-9/h3-7,10-12H,8H2,1-2H3. The summed E-state index contributed by atoms with van der Waals surface area (Å²) in [5, 5.41) is 11.3. The molecule has 0 saturated carbocycles. The fourth-order valence-corrected chi connectivity index (χ4v) is 2.82. The average Bonchev–Trinajstić information content (AvgIpc) is 2.74. The largest absolute Gasteiger partial charge is 0.366 e. The van der Waals surface area contributed by atoms with Crippen molar-refractivity contribution in [1.82, 2.24) is 0 Å². The Morgan fingerprint density at radius 3 is 2.50 bits per heavy atom. The van der Waals surface area contributed by atoms with Crippen molar-refractivity contribution in [3.05, 3.63) is 46.0 Å². The Labute approximate surface area is 115 Å². The molecule has 98 valence electrons. The highest BCUT2D eigenvalue weighted by Gasteiger charge is 2.52. The molecule has 4 nitrogen and oxygen atoms in total. The molecule has 2 rings (SSSR count). The first-order valence-electron chi connectivity index (χ1n) is 5.90. The summed E-state index contributed by atoms with van der Waals surface area (Å²) in [6.07, 6.45) is -0.456. The van der Waals surface area contributed by atoms with E-state index in [4.69, 9.17) is 4.74 Å². The number of hydrogen-bond acceptors (Lipinski definition) is 3. The summed E-state index contributed by atoms with van der Waals surface area (Å²) in [7, 11) is 0. The molecule has 1 aromatic carbocycles. The van der Waals surface area contributed by atoms with E-state index < -0.39 is 12.1 Å². The van der Waals surface area contributed by atoms with Gasteiger partial charge in [0.1, 0.15) is 0 Å². The van der Waals surface area contributed by atoms with E-state index in [1.54, 1.807) is 0 Å². The van der Waals surface area contributed by atoms with Gasteiger partial charge in [0.05, 0.1) is 12.5 Å². The van der Waals surface area contributed by atoms with E-state index in [0.29, 0.717) is 6.61 Å². The number of benzene rings is 1. The number of rotatable bonds is 3. The van der Waals surface area contributed by atoms with Gasteiger partial charge >= 0.3 is 0 Å². The van der Waals surface area contributed by atoms with E-state index in [1.807, 2.05) is 44.2 Å². The van der Waals surface area contributed by atoms with Crippen LogP contribution in [0.4, 0.5) is 0 Å². The van der Waals surface area contributed by atoms with Crippen LogP contribution in [0.5, 0.6) is 0 Å². The molecule has 5 heteroatoms. The van der Waals surface area contributed by atoms with Gasteiger partial charge < -0.3 is 4.74 Å². The SMILES string of the molecule is CC(C)(Br)C1COC(c2ccccc2)C1[N+](=O)[O-]. The zero-order valence-electron chi connectivity index (χ0n) is 10.4. The van der Waals surface area contributed by atoms with Gasteiger partial charge in [0.25, 0.3) is 0 Å². The third-order valence-electron chi connectivity index (χ3n) is 3.43. The van der Waals surface area contributed by atoms with Crippen LogP contribution in [0, 0.1) is 16.0 Å². The van der Waals surface area contributed by atoms with Crippen LogP contribution in [0.3, 0.4) is 0 Å². The molecule has 0 amide bonds. The first-order chi connectivity index (χ1) is 8.41. The van der Waals surface area contributed by atoms with E-state index in [0.717, 1.165) is 5.56 Å². The fraction of sp³-hybridized carbons (Fsp3) is 0.538. The van der Waals surface area contributed by atoms with Crippen molar-refractivity contribution in [2.75, 3.05) is 6.61 Å². The second kappa shape index (κ2) is 4.97. The van der Waals surface area contributed by atoms with E-state index in [2.05, 4.69) is 15.9 Å². The molecule has 1 aromatic rings. The van der Waals surface area contributed by atoms with Crippen molar-refractivity contribution in [2.45, 2.75) is 30.3 Å². The van der Waals surface area contributed by atoms with Gasteiger partial charge in [-0.3, -0.25) is 10.1 Å². The average molecular weight is 314 g/mol. The van der Waals surface area contributed by atoms with Crippen molar-refractivity contribution in [1.29, 1.82) is 0 Å². The highest BCUT2D eigenvalue weighted by atomic mass is 79.9. The molecule has 0 radical (unpaired) electrons. The Hall–Kier alpha value is -0.940. The normalized spacial score (nSPS) is 28.3. The predicted octanol–water partition coefficient (Wildman–Crippen LogP) is 3.19. The van der Waals surface area contributed by atoms with Gasteiger partial charge in [-0.2, -0.15) is 0 Å². The van der Waals surface area contributed by atoms with Crippen LogP contribution in [0.25, 0.3) is 0 Å². The minimum absolute atomic E-state index is 0.141. The summed E-state index contributed by atoms with van der Waals surface area (Å²) in [6, 6.07) is 8.70. The third-order valence-corrected chi connectivity index (χ3v) is 4.02. The highest BCUT2D eigenvalue weighted by Crippen LogP contribution is 2.42. The molecule has 1 fully saturated rings. The van der Waals surface area contributed by atoms with Gasteiger partial charge in [-0.25, -0.2) is 0 Å². The van der Waals surface area contributed by atoms with Gasteiger partial charge in [-0.05, 0) is 19.4 Å². The lowest BCUT2D eigenvalue weighted by Crippen LogP contribution is -2.39. The lowest BCUT2D eigenvalue weighted by atomic mass is 9.87.